The molecule has 0 N–H and O–H groups in total. The highest BCUT2D eigenvalue weighted by Crippen LogP contribution is 2.46. The molecule has 0 nitrogen and oxygen atoms in total. The normalized spacial score (nSPS) is 23.0. The molecule has 0 amide bonds. The number of hydrogen-bond acceptors (Lipinski definition) is 0. The van der Waals surface area contributed by atoms with Crippen molar-refractivity contribution in [1.29, 1.82) is 0 Å². The summed E-state index contributed by atoms with van der Waals surface area (Å²) in [6.07, 6.45) is 11.2. The van der Waals surface area contributed by atoms with Crippen LogP contribution in [-0.4, -0.2) is 8.07 Å². The second-order valence-electron chi connectivity index (χ2n) is 10.4. The van der Waals surface area contributed by atoms with Gasteiger partial charge in [0.15, 0.2) is 0 Å². The molecular formula is C24H40Si. The largest absolute Gasteiger partial charge is 0.104 e. The molecule has 0 spiro atoms. The molecule has 0 heterocycles. The van der Waals surface area contributed by atoms with Gasteiger partial charge in [-0.05, 0) is 46.7 Å². The monoisotopic (exact) mass is 356 g/mol. The van der Waals surface area contributed by atoms with Crippen LogP contribution in [0, 0.1) is 29.1 Å². The summed E-state index contributed by atoms with van der Waals surface area (Å²) in [5, 5.41) is 3.55. The second-order valence-corrected chi connectivity index (χ2v) is 14.9. The molecule has 0 aromatic rings. The van der Waals surface area contributed by atoms with Crippen LogP contribution in [0.2, 0.25) is 13.1 Å². The highest BCUT2D eigenvalue weighted by atomic mass is 28.3. The first-order valence-electron chi connectivity index (χ1n) is 10.2. The first-order chi connectivity index (χ1) is 11.4. The van der Waals surface area contributed by atoms with Crippen molar-refractivity contribution < 1.29 is 0 Å². The van der Waals surface area contributed by atoms with E-state index < -0.39 is 8.07 Å². The van der Waals surface area contributed by atoms with E-state index in [-0.39, 0.29) is 0 Å². The highest BCUT2D eigenvalue weighted by molar-refractivity contribution is 6.91. The Balaban J connectivity index is 2.48. The van der Waals surface area contributed by atoms with Crippen LogP contribution in [0.25, 0.3) is 0 Å². The highest BCUT2D eigenvalue weighted by Gasteiger charge is 2.40. The third-order valence-corrected chi connectivity index (χ3v) is 10.6. The van der Waals surface area contributed by atoms with E-state index in [1.807, 2.05) is 0 Å². The molecule has 2 aliphatic rings. The fraction of sp³-hybridized carbons (Fsp3) is 0.667. The van der Waals surface area contributed by atoms with Gasteiger partial charge in [0.05, 0.1) is 0 Å². The van der Waals surface area contributed by atoms with Crippen molar-refractivity contribution in [3.8, 4) is 0 Å². The Hall–Kier alpha value is -0.823. The molecule has 0 aromatic carbocycles. The maximum Gasteiger partial charge on any atom is 0.104 e. The smallest absolute Gasteiger partial charge is 0.0806 e. The third-order valence-electron chi connectivity index (χ3n) is 6.65. The Kier molecular flexibility index (Phi) is 5.79. The minimum atomic E-state index is -1.63. The lowest BCUT2D eigenvalue weighted by Gasteiger charge is -2.36. The van der Waals surface area contributed by atoms with E-state index in [0.717, 1.165) is 0 Å². The van der Waals surface area contributed by atoms with Gasteiger partial charge in [-0.3, -0.25) is 0 Å². The minimum absolute atomic E-state index is 0.322. The van der Waals surface area contributed by atoms with Gasteiger partial charge in [0.25, 0.3) is 0 Å². The molecular weight excluding hydrogens is 316 g/mol. The molecule has 25 heavy (non-hydrogen) atoms. The van der Waals surface area contributed by atoms with Crippen molar-refractivity contribution in [1.82, 2.24) is 0 Å². The Morgan fingerprint density at radius 2 is 1.64 bits per heavy atom. The fourth-order valence-corrected chi connectivity index (χ4v) is 8.09. The molecule has 0 saturated carbocycles. The summed E-state index contributed by atoms with van der Waals surface area (Å²) in [4.78, 5) is 0. The lowest BCUT2D eigenvalue weighted by molar-refractivity contribution is 0.304. The molecule has 2 rings (SSSR count). The van der Waals surface area contributed by atoms with Gasteiger partial charge in [-0.25, -0.2) is 0 Å². The maximum absolute atomic E-state index is 2.60. The third kappa shape index (κ3) is 3.97. The van der Waals surface area contributed by atoms with Crippen molar-refractivity contribution >= 4 is 8.07 Å². The van der Waals surface area contributed by atoms with Crippen molar-refractivity contribution in [2.24, 2.45) is 29.1 Å². The van der Waals surface area contributed by atoms with Crippen molar-refractivity contribution in [2.75, 3.05) is 0 Å². The summed E-state index contributed by atoms with van der Waals surface area (Å²) in [6, 6.07) is 0. The van der Waals surface area contributed by atoms with Crippen molar-refractivity contribution in [3.63, 3.8) is 0 Å². The van der Waals surface area contributed by atoms with Crippen LogP contribution in [0.3, 0.4) is 0 Å². The first kappa shape index (κ1) is 20.5. The summed E-state index contributed by atoms with van der Waals surface area (Å²) in [5.41, 5.74) is 3.53. The minimum Gasteiger partial charge on any atom is -0.0806 e. The first-order valence-corrected chi connectivity index (χ1v) is 13.2. The summed E-state index contributed by atoms with van der Waals surface area (Å²) >= 11 is 0. The topological polar surface area (TPSA) is 0 Å². The molecule has 0 fully saturated rings. The molecule has 0 bridgehead atoms. The predicted molar refractivity (Wildman–Crippen MR) is 116 cm³/mol. The summed E-state index contributed by atoms with van der Waals surface area (Å²) < 4.78 is 0. The van der Waals surface area contributed by atoms with Crippen LogP contribution in [0.15, 0.2) is 45.8 Å². The van der Waals surface area contributed by atoms with E-state index in [2.05, 4.69) is 92.8 Å². The molecule has 2 unspecified atom stereocenters. The molecule has 0 aromatic heterocycles. The van der Waals surface area contributed by atoms with Crippen LogP contribution < -0.4 is 0 Å². The molecule has 0 aliphatic heterocycles. The van der Waals surface area contributed by atoms with E-state index in [1.165, 1.54) is 6.42 Å². The van der Waals surface area contributed by atoms with E-state index >= 15 is 0 Å². The van der Waals surface area contributed by atoms with Gasteiger partial charge < -0.3 is 0 Å². The zero-order valence-corrected chi connectivity index (χ0v) is 19.3. The van der Waals surface area contributed by atoms with Crippen molar-refractivity contribution in [2.45, 2.75) is 74.9 Å². The molecule has 2 atom stereocenters. The molecule has 0 saturated heterocycles. The van der Waals surface area contributed by atoms with Crippen LogP contribution in [0.1, 0.15) is 61.8 Å². The van der Waals surface area contributed by atoms with Crippen LogP contribution >= 0.6 is 0 Å². The SMILES string of the molecule is CC(C)C1=CC(C(C)C)C([Si](C)(C)C2=C(C(C)C(C)(C)C)C=CC2)=C1. The lowest BCUT2D eigenvalue weighted by atomic mass is 9.78. The Bertz CT molecular complexity index is 629. The van der Waals surface area contributed by atoms with E-state index in [4.69, 9.17) is 0 Å². The Morgan fingerprint density at radius 3 is 2.12 bits per heavy atom. The van der Waals surface area contributed by atoms with Gasteiger partial charge in [0, 0.05) is 0 Å². The van der Waals surface area contributed by atoms with Crippen LogP contribution in [0.5, 0.6) is 0 Å². The Morgan fingerprint density at radius 1 is 1.04 bits per heavy atom. The summed E-state index contributed by atoms with van der Waals surface area (Å²) in [5.74, 6) is 2.57. The Labute approximate surface area is 158 Å². The van der Waals surface area contributed by atoms with Crippen LogP contribution in [-0.2, 0) is 0 Å². The quantitative estimate of drug-likeness (QED) is 0.447. The fourth-order valence-electron chi connectivity index (χ4n) is 4.31. The average Bonchev–Trinajstić information content (AvgIpc) is 3.12. The van der Waals surface area contributed by atoms with Gasteiger partial charge in [-0.15, -0.1) is 0 Å². The average molecular weight is 357 g/mol. The number of allylic oxidation sites excluding steroid dienone is 8. The molecule has 0 radical (unpaired) electrons. The van der Waals surface area contributed by atoms with Gasteiger partial charge in [0.2, 0.25) is 0 Å². The number of rotatable bonds is 5. The summed E-state index contributed by atoms with van der Waals surface area (Å²) in [6.45, 7) is 24.2. The number of hydrogen-bond donors (Lipinski definition) is 0. The van der Waals surface area contributed by atoms with Gasteiger partial charge >= 0.3 is 0 Å². The van der Waals surface area contributed by atoms with Gasteiger partial charge in [-0.1, -0.05) is 103 Å². The van der Waals surface area contributed by atoms with E-state index in [0.29, 0.717) is 29.1 Å². The second kappa shape index (κ2) is 7.06. The zero-order chi connectivity index (χ0) is 19.2. The van der Waals surface area contributed by atoms with Crippen molar-refractivity contribution in [3.05, 3.63) is 45.8 Å². The van der Waals surface area contributed by atoms with E-state index in [1.54, 1.807) is 21.5 Å². The maximum atomic E-state index is 2.60. The van der Waals surface area contributed by atoms with Crippen LogP contribution in [0.4, 0.5) is 0 Å². The zero-order valence-electron chi connectivity index (χ0n) is 18.3. The molecule has 2 aliphatic carbocycles. The lowest BCUT2D eigenvalue weighted by Crippen LogP contribution is -2.37. The van der Waals surface area contributed by atoms with Gasteiger partial charge in [-0.2, -0.15) is 0 Å². The van der Waals surface area contributed by atoms with E-state index in [9.17, 15) is 0 Å². The molecule has 1 heteroatoms. The predicted octanol–water partition coefficient (Wildman–Crippen LogP) is 7.51. The van der Waals surface area contributed by atoms with Gasteiger partial charge in [0.1, 0.15) is 8.07 Å². The molecule has 140 valence electrons. The summed E-state index contributed by atoms with van der Waals surface area (Å²) in [7, 11) is -1.63. The standard InChI is InChI=1S/C24H40Si/c1-16(2)19-14-21(17(3)4)23(15-19)25(9,10)22-13-11-12-20(22)18(5)24(6,7)8/h11-12,14-18,21H,13H2,1-10H3.